The second-order valence-corrected chi connectivity index (χ2v) is 6.85. The van der Waals surface area contributed by atoms with Gasteiger partial charge in [0.05, 0.1) is 7.11 Å². The second-order valence-electron chi connectivity index (χ2n) is 6.85. The van der Waals surface area contributed by atoms with Crippen molar-refractivity contribution in [2.45, 2.75) is 52.7 Å². The van der Waals surface area contributed by atoms with Crippen LogP contribution < -0.4 is 10.5 Å². The molecule has 0 amide bonds. The summed E-state index contributed by atoms with van der Waals surface area (Å²) >= 11 is 0. The molecule has 1 aromatic carbocycles. The zero-order chi connectivity index (χ0) is 15.6. The fourth-order valence-corrected chi connectivity index (χ4v) is 3.47. The van der Waals surface area contributed by atoms with Crippen molar-refractivity contribution < 1.29 is 4.74 Å². The fraction of sp³-hybridized carbons (Fsp3) is 0.667. The van der Waals surface area contributed by atoms with Crippen LogP contribution in [0.2, 0.25) is 0 Å². The molecule has 4 unspecified atom stereocenters. The van der Waals surface area contributed by atoms with E-state index in [0.717, 1.165) is 30.7 Å². The summed E-state index contributed by atoms with van der Waals surface area (Å²) in [5, 5.41) is 0. The van der Waals surface area contributed by atoms with E-state index in [1.165, 1.54) is 17.5 Å². The molecule has 2 N–H and O–H groups in total. The van der Waals surface area contributed by atoms with Gasteiger partial charge in [0.25, 0.3) is 0 Å². The van der Waals surface area contributed by atoms with Crippen molar-refractivity contribution in [2.24, 2.45) is 17.6 Å². The van der Waals surface area contributed by atoms with E-state index < -0.39 is 0 Å². The first-order chi connectivity index (χ1) is 9.92. The molecule has 1 fully saturated rings. The maximum absolute atomic E-state index is 6.02. The molecule has 3 nitrogen and oxygen atoms in total. The summed E-state index contributed by atoms with van der Waals surface area (Å²) in [5.41, 5.74) is 8.45. The van der Waals surface area contributed by atoms with E-state index in [4.69, 9.17) is 10.5 Å². The van der Waals surface area contributed by atoms with Gasteiger partial charge in [-0.3, -0.25) is 4.90 Å². The van der Waals surface area contributed by atoms with Crippen molar-refractivity contribution in [3.63, 3.8) is 0 Å². The Morgan fingerprint density at radius 2 is 2.05 bits per heavy atom. The number of likely N-dealkylation sites (tertiary alicyclic amines) is 1. The van der Waals surface area contributed by atoms with Gasteiger partial charge in [-0.25, -0.2) is 0 Å². The highest BCUT2D eigenvalue weighted by molar-refractivity contribution is 5.38. The summed E-state index contributed by atoms with van der Waals surface area (Å²) in [6.45, 7) is 11.2. The van der Waals surface area contributed by atoms with E-state index in [-0.39, 0.29) is 6.04 Å². The minimum atomic E-state index is 0.0614. The van der Waals surface area contributed by atoms with Crippen LogP contribution in [0.25, 0.3) is 0 Å². The van der Waals surface area contributed by atoms with Gasteiger partial charge in [0.1, 0.15) is 5.75 Å². The molecule has 3 heteroatoms. The Morgan fingerprint density at radius 3 is 2.67 bits per heavy atom. The number of piperidine rings is 1. The maximum Gasteiger partial charge on any atom is 0.123 e. The Balaban J connectivity index is 2.22. The molecule has 1 heterocycles. The van der Waals surface area contributed by atoms with Crippen molar-refractivity contribution in [1.29, 1.82) is 0 Å². The zero-order valence-electron chi connectivity index (χ0n) is 14.1. The molecule has 0 radical (unpaired) electrons. The number of methoxy groups -OCH3 is 1. The van der Waals surface area contributed by atoms with E-state index in [1.807, 2.05) is 6.92 Å². The van der Waals surface area contributed by atoms with Crippen LogP contribution >= 0.6 is 0 Å². The smallest absolute Gasteiger partial charge is 0.123 e. The van der Waals surface area contributed by atoms with E-state index >= 15 is 0 Å². The topological polar surface area (TPSA) is 38.5 Å². The predicted octanol–water partition coefficient (Wildman–Crippen LogP) is 3.58. The molecule has 0 spiro atoms. The standard InChI is InChI=1S/C18H30N2O/c1-12-8-13(2)15(4)20(10-12)11-17-9-16(14(3)19)6-7-18(17)21-5/h6-7,9,12-15H,8,10-11,19H2,1-5H3. The number of nitrogens with zero attached hydrogens (tertiary/aromatic N) is 1. The van der Waals surface area contributed by atoms with Gasteiger partial charge in [0.15, 0.2) is 0 Å². The van der Waals surface area contributed by atoms with E-state index in [0.29, 0.717) is 6.04 Å². The van der Waals surface area contributed by atoms with Gasteiger partial charge in [-0.05, 0) is 49.8 Å². The summed E-state index contributed by atoms with van der Waals surface area (Å²) in [4.78, 5) is 2.58. The summed E-state index contributed by atoms with van der Waals surface area (Å²) in [6.07, 6.45) is 1.33. The molecule has 0 saturated carbocycles. The van der Waals surface area contributed by atoms with E-state index in [1.54, 1.807) is 7.11 Å². The van der Waals surface area contributed by atoms with Crippen molar-refractivity contribution in [3.8, 4) is 5.75 Å². The number of hydrogen-bond acceptors (Lipinski definition) is 3. The first kappa shape index (κ1) is 16.3. The molecule has 0 aromatic heterocycles. The fourth-order valence-electron chi connectivity index (χ4n) is 3.47. The predicted molar refractivity (Wildman–Crippen MR) is 88.4 cm³/mol. The number of rotatable bonds is 4. The van der Waals surface area contributed by atoms with Crippen LogP contribution in [0.3, 0.4) is 0 Å². The first-order valence-corrected chi connectivity index (χ1v) is 8.08. The molecule has 1 aromatic rings. The van der Waals surface area contributed by atoms with Crippen LogP contribution in [0.1, 0.15) is 51.3 Å². The second kappa shape index (κ2) is 6.80. The number of hydrogen-bond donors (Lipinski definition) is 1. The van der Waals surface area contributed by atoms with Crippen LogP contribution in [-0.2, 0) is 6.54 Å². The molecular weight excluding hydrogens is 260 g/mol. The van der Waals surface area contributed by atoms with Crippen molar-refractivity contribution >= 4 is 0 Å². The van der Waals surface area contributed by atoms with Crippen LogP contribution in [0, 0.1) is 11.8 Å². The summed E-state index contributed by atoms with van der Waals surface area (Å²) in [5.74, 6) is 2.48. The molecular formula is C18H30N2O. The largest absolute Gasteiger partial charge is 0.496 e. The maximum atomic E-state index is 6.02. The Hall–Kier alpha value is -1.06. The molecule has 1 aliphatic rings. The van der Waals surface area contributed by atoms with Gasteiger partial charge in [-0.15, -0.1) is 0 Å². The molecule has 118 valence electrons. The molecule has 0 bridgehead atoms. The highest BCUT2D eigenvalue weighted by Gasteiger charge is 2.29. The van der Waals surface area contributed by atoms with Crippen molar-refractivity contribution in [1.82, 2.24) is 4.90 Å². The number of benzene rings is 1. The monoisotopic (exact) mass is 290 g/mol. The Bertz CT molecular complexity index is 472. The zero-order valence-corrected chi connectivity index (χ0v) is 14.1. The number of ether oxygens (including phenoxy) is 1. The van der Waals surface area contributed by atoms with Gasteiger partial charge in [-0.1, -0.05) is 19.9 Å². The molecule has 0 aliphatic carbocycles. The molecule has 1 aliphatic heterocycles. The minimum Gasteiger partial charge on any atom is -0.496 e. The average molecular weight is 290 g/mol. The van der Waals surface area contributed by atoms with Crippen LogP contribution in [-0.4, -0.2) is 24.6 Å². The third-order valence-electron chi connectivity index (χ3n) is 4.92. The third kappa shape index (κ3) is 3.78. The molecule has 2 rings (SSSR count). The van der Waals surface area contributed by atoms with E-state index in [2.05, 4.69) is 43.9 Å². The van der Waals surface area contributed by atoms with Gasteiger partial charge >= 0.3 is 0 Å². The molecule has 1 saturated heterocycles. The first-order valence-electron chi connectivity index (χ1n) is 8.08. The van der Waals surface area contributed by atoms with Gasteiger partial charge in [0.2, 0.25) is 0 Å². The van der Waals surface area contributed by atoms with Crippen molar-refractivity contribution in [3.05, 3.63) is 29.3 Å². The lowest BCUT2D eigenvalue weighted by molar-refractivity contribution is 0.0722. The Labute approximate surface area is 129 Å². The molecule has 21 heavy (non-hydrogen) atoms. The van der Waals surface area contributed by atoms with Crippen LogP contribution in [0.5, 0.6) is 5.75 Å². The highest BCUT2D eigenvalue weighted by Crippen LogP contribution is 2.31. The Kier molecular flexibility index (Phi) is 5.28. The van der Waals surface area contributed by atoms with Gasteiger partial charge in [0, 0.05) is 30.7 Å². The lowest BCUT2D eigenvalue weighted by atomic mass is 9.85. The van der Waals surface area contributed by atoms with Crippen molar-refractivity contribution in [2.75, 3.05) is 13.7 Å². The average Bonchev–Trinajstić information content (AvgIpc) is 2.44. The number of nitrogens with two attached hydrogens (primary N) is 1. The van der Waals surface area contributed by atoms with Crippen LogP contribution in [0.4, 0.5) is 0 Å². The quantitative estimate of drug-likeness (QED) is 0.921. The minimum absolute atomic E-state index is 0.0614. The normalized spacial score (nSPS) is 28.4. The molecule has 4 atom stereocenters. The lowest BCUT2D eigenvalue weighted by Crippen LogP contribution is -2.45. The van der Waals surface area contributed by atoms with Gasteiger partial charge < -0.3 is 10.5 Å². The highest BCUT2D eigenvalue weighted by atomic mass is 16.5. The summed E-state index contributed by atoms with van der Waals surface area (Å²) < 4.78 is 5.54. The summed E-state index contributed by atoms with van der Waals surface area (Å²) in [6, 6.07) is 7.00. The Morgan fingerprint density at radius 1 is 1.33 bits per heavy atom. The van der Waals surface area contributed by atoms with E-state index in [9.17, 15) is 0 Å². The SMILES string of the molecule is COc1ccc(C(C)N)cc1CN1CC(C)CC(C)C1C. The lowest BCUT2D eigenvalue weighted by Gasteiger charge is -2.41. The van der Waals surface area contributed by atoms with Crippen LogP contribution in [0.15, 0.2) is 18.2 Å². The summed E-state index contributed by atoms with van der Waals surface area (Å²) in [7, 11) is 1.75. The third-order valence-corrected chi connectivity index (χ3v) is 4.92. The van der Waals surface area contributed by atoms with Gasteiger partial charge in [-0.2, -0.15) is 0 Å².